The smallest absolute Gasteiger partial charge is 0.126 e. The molecule has 3 heterocycles. The van der Waals surface area contributed by atoms with Crippen molar-refractivity contribution in [2.75, 3.05) is 25.6 Å². The monoisotopic (exact) mass is 473 g/mol. The van der Waals surface area contributed by atoms with E-state index in [0.29, 0.717) is 6.61 Å². The number of dihydropyridines is 1. The lowest BCUT2D eigenvalue weighted by atomic mass is 9.66. The highest BCUT2D eigenvalue weighted by Gasteiger charge is 2.48. The minimum Gasteiger partial charge on any atom is -0.497 e. The van der Waals surface area contributed by atoms with Crippen LogP contribution in [0.4, 0.5) is 5.82 Å². The van der Waals surface area contributed by atoms with E-state index in [2.05, 4.69) is 49.5 Å². The van der Waals surface area contributed by atoms with Crippen molar-refractivity contribution in [1.82, 2.24) is 4.98 Å². The van der Waals surface area contributed by atoms with Gasteiger partial charge in [0.25, 0.3) is 0 Å². The molecule has 6 heteroatoms. The zero-order valence-electron chi connectivity index (χ0n) is 21.5. The first-order valence-corrected chi connectivity index (χ1v) is 12.4. The van der Waals surface area contributed by atoms with Crippen LogP contribution < -0.4 is 5.32 Å². The number of aliphatic imine (C=N–C) groups is 1. The Hall–Kier alpha value is -2.96. The first-order valence-electron chi connectivity index (χ1n) is 12.4. The van der Waals surface area contributed by atoms with Crippen LogP contribution in [0, 0.1) is 12.8 Å². The van der Waals surface area contributed by atoms with Gasteiger partial charge in [0.2, 0.25) is 0 Å². The van der Waals surface area contributed by atoms with Crippen molar-refractivity contribution in [2.24, 2.45) is 10.9 Å². The molecule has 3 atom stereocenters. The Morgan fingerprint density at radius 2 is 2.06 bits per heavy atom. The van der Waals surface area contributed by atoms with E-state index in [9.17, 15) is 5.11 Å². The number of ether oxygens (including phenoxy) is 2. The molecular formula is C29H35N3O3. The van der Waals surface area contributed by atoms with Gasteiger partial charge in [-0.15, -0.1) is 0 Å². The molecule has 1 fully saturated rings. The number of nitrogens with zero attached hydrogens (tertiary/aromatic N) is 2. The summed E-state index contributed by atoms with van der Waals surface area (Å²) >= 11 is 0. The molecule has 0 amide bonds. The highest BCUT2D eigenvalue weighted by Crippen LogP contribution is 2.53. The zero-order valence-corrected chi connectivity index (χ0v) is 21.5. The molecule has 1 aromatic heterocycles. The fourth-order valence-electron chi connectivity index (χ4n) is 5.80. The van der Waals surface area contributed by atoms with Crippen LogP contribution in [-0.4, -0.2) is 47.7 Å². The molecule has 35 heavy (non-hydrogen) atoms. The number of allylic oxidation sites excluding steroid dienone is 3. The summed E-state index contributed by atoms with van der Waals surface area (Å²) in [5.74, 6) is 1.85. The number of rotatable bonds is 5. The van der Waals surface area contributed by atoms with E-state index in [1.165, 1.54) is 5.57 Å². The zero-order chi connectivity index (χ0) is 25.0. The van der Waals surface area contributed by atoms with E-state index < -0.39 is 17.2 Å². The van der Waals surface area contributed by atoms with Gasteiger partial charge in [-0.25, -0.2) is 4.98 Å². The number of hydrogen-bond acceptors (Lipinski definition) is 6. The van der Waals surface area contributed by atoms with E-state index >= 15 is 0 Å². The number of aliphatic hydroxyl groups is 1. The summed E-state index contributed by atoms with van der Waals surface area (Å²) in [6.45, 7) is 10.9. The van der Waals surface area contributed by atoms with Gasteiger partial charge in [-0.2, -0.15) is 0 Å². The van der Waals surface area contributed by atoms with Crippen LogP contribution in [0.3, 0.4) is 0 Å². The number of aromatic nitrogens is 1. The fourth-order valence-corrected chi connectivity index (χ4v) is 5.80. The van der Waals surface area contributed by atoms with Crippen molar-refractivity contribution in [1.29, 1.82) is 0 Å². The second kappa shape index (κ2) is 8.61. The van der Waals surface area contributed by atoms with Crippen LogP contribution in [0.2, 0.25) is 0 Å². The molecule has 5 rings (SSSR count). The molecular weight excluding hydrogens is 438 g/mol. The standard InChI is InChI=1S/C29H35N3O3/c1-17-15-21-19(7-10-24(30-6)32-21)26(25(17)23(16-33)35-28(2,3)4)20-8-9-22-27-18(12-14-34-22)11-13-31-29(20,27)5/h7-11,13,15,23,27,33H,12,14,16H2,1-6H3,(H,30,32). The van der Waals surface area contributed by atoms with Crippen molar-refractivity contribution in [2.45, 2.75) is 58.3 Å². The normalized spacial score (nSPS) is 24.2. The maximum absolute atomic E-state index is 10.5. The second-order valence-corrected chi connectivity index (χ2v) is 10.7. The van der Waals surface area contributed by atoms with Crippen molar-refractivity contribution >= 4 is 28.5 Å². The van der Waals surface area contributed by atoms with E-state index in [1.54, 1.807) is 0 Å². The van der Waals surface area contributed by atoms with Crippen LogP contribution in [0.5, 0.6) is 0 Å². The Labute approximate surface area is 207 Å². The van der Waals surface area contributed by atoms with Gasteiger partial charge in [0.05, 0.1) is 35.8 Å². The third-order valence-electron chi connectivity index (χ3n) is 7.22. The number of aryl methyl sites for hydroxylation is 1. The van der Waals surface area contributed by atoms with Crippen LogP contribution in [0.1, 0.15) is 56.9 Å². The van der Waals surface area contributed by atoms with E-state index in [0.717, 1.165) is 51.2 Å². The van der Waals surface area contributed by atoms with Gasteiger partial charge in [0.1, 0.15) is 17.7 Å². The first kappa shape index (κ1) is 23.8. The molecule has 1 saturated heterocycles. The Morgan fingerprint density at radius 3 is 2.77 bits per heavy atom. The van der Waals surface area contributed by atoms with Crippen LogP contribution in [0.25, 0.3) is 16.5 Å². The van der Waals surface area contributed by atoms with E-state index in [4.69, 9.17) is 19.5 Å². The van der Waals surface area contributed by atoms with Crippen LogP contribution >= 0.6 is 0 Å². The van der Waals surface area contributed by atoms with Gasteiger partial charge >= 0.3 is 0 Å². The average molecular weight is 474 g/mol. The Kier molecular flexibility index (Phi) is 5.85. The lowest BCUT2D eigenvalue weighted by Crippen LogP contribution is -2.43. The molecule has 6 nitrogen and oxygen atoms in total. The summed E-state index contributed by atoms with van der Waals surface area (Å²) < 4.78 is 12.5. The predicted octanol–water partition coefficient (Wildman–Crippen LogP) is 5.52. The number of aliphatic hydroxyl groups excluding tert-OH is 1. The van der Waals surface area contributed by atoms with Gasteiger partial charge in [-0.3, -0.25) is 4.99 Å². The van der Waals surface area contributed by atoms with Crippen molar-refractivity contribution in [3.63, 3.8) is 0 Å². The topological polar surface area (TPSA) is 76.0 Å². The summed E-state index contributed by atoms with van der Waals surface area (Å²) in [5.41, 5.74) is 5.45. The highest BCUT2D eigenvalue weighted by molar-refractivity contribution is 5.99. The maximum Gasteiger partial charge on any atom is 0.126 e. The molecule has 3 aliphatic rings. The van der Waals surface area contributed by atoms with Gasteiger partial charge in [-0.1, -0.05) is 11.6 Å². The highest BCUT2D eigenvalue weighted by atomic mass is 16.5. The summed E-state index contributed by atoms with van der Waals surface area (Å²) in [6.07, 6.45) is 8.74. The largest absolute Gasteiger partial charge is 0.497 e. The molecule has 2 aliphatic heterocycles. The summed E-state index contributed by atoms with van der Waals surface area (Å²) in [7, 11) is 1.87. The van der Waals surface area contributed by atoms with Gasteiger partial charge in [0, 0.05) is 25.1 Å². The van der Waals surface area contributed by atoms with E-state index in [1.807, 2.05) is 40.1 Å². The van der Waals surface area contributed by atoms with Gasteiger partial charge < -0.3 is 19.9 Å². The molecule has 3 unspecified atom stereocenters. The van der Waals surface area contributed by atoms with Crippen molar-refractivity contribution in [3.05, 3.63) is 64.4 Å². The average Bonchev–Trinajstić information content (AvgIpc) is 2.81. The Morgan fingerprint density at radius 1 is 1.26 bits per heavy atom. The molecule has 1 aromatic carbocycles. The SMILES string of the molecule is CNc1ccc2c(C3=CC=C4OCCC5=CC=NC3(C)C54)c(C(CO)OC(C)(C)C)c(C)cc2n1. The number of pyridine rings is 1. The van der Waals surface area contributed by atoms with Crippen LogP contribution in [0.15, 0.2) is 52.8 Å². The summed E-state index contributed by atoms with van der Waals surface area (Å²) in [4.78, 5) is 9.93. The van der Waals surface area contributed by atoms with Gasteiger partial charge in [-0.05, 0) is 87.2 Å². The fraction of sp³-hybridized carbons (Fsp3) is 0.448. The number of fused-ring (bicyclic) bond motifs is 1. The molecule has 1 aliphatic carbocycles. The third-order valence-corrected chi connectivity index (χ3v) is 7.22. The lowest BCUT2D eigenvalue weighted by molar-refractivity contribution is -0.0825. The quantitative estimate of drug-likeness (QED) is 0.598. The Balaban J connectivity index is 1.82. The first-order chi connectivity index (χ1) is 16.7. The van der Waals surface area contributed by atoms with Crippen molar-refractivity contribution in [3.8, 4) is 0 Å². The molecule has 0 saturated carbocycles. The van der Waals surface area contributed by atoms with Crippen molar-refractivity contribution < 1.29 is 14.6 Å². The van der Waals surface area contributed by atoms with Crippen LogP contribution in [-0.2, 0) is 9.47 Å². The lowest BCUT2D eigenvalue weighted by Gasteiger charge is -2.45. The molecule has 0 bridgehead atoms. The number of benzene rings is 1. The molecule has 184 valence electrons. The predicted molar refractivity (Wildman–Crippen MR) is 142 cm³/mol. The number of anilines is 1. The molecule has 0 spiro atoms. The number of nitrogens with one attached hydrogen (secondary N) is 1. The maximum atomic E-state index is 10.5. The molecule has 0 radical (unpaired) electrons. The number of hydrogen-bond donors (Lipinski definition) is 2. The second-order valence-electron chi connectivity index (χ2n) is 10.7. The minimum absolute atomic E-state index is 0.0605. The molecule has 2 aromatic rings. The summed E-state index contributed by atoms with van der Waals surface area (Å²) in [5, 5.41) is 14.7. The molecule has 2 N–H and O–H groups in total. The Bertz CT molecular complexity index is 1300. The third kappa shape index (κ3) is 3.99. The summed E-state index contributed by atoms with van der Waals surface area (Å²) in [6, 6.07) is 6.20. The van der Waals surface area contributed by atoms with E-state index in [-0.39, 0.29) is 12.5 Å². The minimum atomic E-state index is -0.534. The van der Waals surface area contributed by atoms with Gasteiger partial charge in [0.15, 0.2) is 0 Å².